The van der Waals surface area contributed by atoms with Crippen molar-refractivity contribution >= 4 is 23.6 Å². The van der Waals surface area contributed by atoms with Gasteiger partial charge in [-0.25, -0.2) is 0 Å². The zero-order chi connectivity index (χ0) is 15.5. The highest BCUT2D eigenvalue weighted by Crippen LogP contribution is 2.25. The van der Waals surface area contributed by atoms with E-state index in [4.69, 9.17) is 4.74 Å². The average molecular weight is 327 g/mol. The first kappa shape index (κ1) is 16.1. The fourth-order valence-electron chi connectivity index (χ4n) is 3.66. The monoisotopic (exact) mass is 327 g/mol. The van der Waals surface area contributed by atoms with E-state index in [9.17, 15) is 9.59 Å². The number of hydrogen-bond acceptors (Lipinski definition) is 6. The van der Waals surface area contributed by atoms with E-state index < -0.39 is 0 Å². The van der Waals surface area contributed by atoms with Crippen LogP contribution in [0.4, 0.5) is 0 Å². The fourth-order valence-corrected chi connectivity index (χ4v) is 4.61. The standard InChI is InChI=1S/C15H25N3O3S/c1-21-15(20)11-2-4-17(5-3-11)12-8-13(16-9-12)14(19)18-6-7-22-10-18/h11-13,16H,2-10H2,1H3/t12-,13-/m0/s1. The van der Waals surface area contributed by atoms with Crippen LogP contribution >= 0.6 is 11.8 Å². The minimum absolute atomic E-state index is 0.0259. The summed E-state index contributed by atoms with van der Waals surface area (Å²) in [7, 11) is 1.46. The summed E-state index contributed by atoms with van der Waals surface area (Å²) in [5.74, 6) is 2.13. The van der Waals surface area contributed by atoms with Crippen molar-refractivity contribution in [1.82, 2.24) is 15.1 Å². The largest absolute Gasteiger partial charge is 0.469 e. The van der Waals surface area contributed by atoms with Gasteiger partial charge in [0.1, 0.15) is 0 Å². The molecule has 3 saturated heterocycles. The lowest BCUT2D eigenvalue weighted by atomic mass is 9.95. The number of amides is 1. The van der Waals surface area contributed by atoms with E-state index in [1.54, 1.807) is 0 Å². The van der Waals surface area contributed by atoms with E-state index in [2.05, 4.69) is 10.2 Å². The number of likely N-dealkylation sites (tertiary alicyclic amines) is 1. The van der Waals surface area contributed by atoms with Crippen LogP contribution in [0.1, 0.15) is 19.3 Å². The maximum absolute atomic E-state index is 12.4. The van der Waals surface area contributed by atoms with Crippen LogP contribution in [0.15, 0.2) is 0 Å². The molecule has 2 atom stereocenters. The predicted molar refractivity (Wildman–Crippen MR) is 85.5 cm³/mol. The van der Waals surface area contributed by atoms with Crippen LogP contribution in [0.5, 0.6) is 0 Å². The lowest BCUT2D eigenvalue weighted by Gasteiger charge is -2.34. The normalized spacial score (nSPS) is 30.7. The first-order valence-corrected chi connectivity index (χ1v) is 9.26. The van der Waals surface area contributed by atoms with Gasteiger partial charge in [-0.3, -0.25) is 14.5 Å². The summed E-state index contributed by atoms with van der Waals surface area (Å²) in [4.78, 5) is 28.4. The summed E-state index contributed by atoms with van der Waals surface area (Å²) in [6, 6.07) is 0.393. The number of methoxy groups -OCH3 is 1. The van der Waals surface area contributed by atoms with Crippen LogP contribution in [-0.4, -0.2) is 78.7 Å². The van der Waals surface area contributed by atoms with Gasteiger partial charge in [-0.2, -0.15) is 0 Å². The Morgan fingerprint density at radius 2 is 2.00 bits per heavy atom. The zero-order valence-corrected chi connectivity index (χ0v) is 13.9. The summed E-state index contributed by atoms with van der Waals surface area (Å²) in [6.45, 7) is 3.61. The van der Waals surface area contributed by atoms with Crippen molar-refractivity contribution in [3.8, 4) is 0 Å². The Hall–Kier alpha value is -0.790. The van der Waals surface area contributed by atoms with Crippen molar-refractivity contribution in [2.45, 2.75) is 31.3 Å². The summed E-state index contributed by atoms with van der Waals surface area (Å²) in [5.41, 5.74) is 0. The summed E-state index contributed by atoms with van der Waals surface area (Å²) in [5, 5.41) is 3.39. The smallest absolute Gasteiger partial charge is 0.308 e. The minimum atomic E-state index is -0.0798. The van der Waals surface area contributed by atoms with Gasteiger partial charge in [0.2, 0.25) is 5.91 Å². The maximum Gasteiger partial charge on any atom is 0.308 e. The SMILES string of the molecule is COC(=O)C1CCN([C@@H]2CN[C@H](C(=O)N3CCSC3)C2)CC1. The van der Waals surface area contributed by atoms with Gasteiger partial charge in [-0.15, -0.1) is 11.8 Å². The molecule has 0 spiro atoms. The van der Waals surface area contributed by atoms with E-state index >= 15 is 0 Å². The number of nitrogens with one attached hydrogen (secondary N) is 1. The van der Waals surface area contributed by atoms with Gasteiger partial charge < -0.3 is 15.0 Å². The Bertz CT molecular complexity index is 420. The number of thioether (sulfide) groups is 1. The minimum Gasteiger partial charge on any atom is -0.469 e. The van der Waals surface area contributed by atoms with Gasteiger partial charge in [0.25, 0.3) is 0 Å². The van der Waals surface area contributed by atoms with Crippen molar-refractivity contribution in [1.29, 1.82) is 0 Å². The van der Waals surface area contributed by atoms with Crippen LogP contribution in [0, 0.1) is 5.92 Å². The van der Waals surface area contributed by atoms with Crippen molar-refractivity contribution in [3.05, 3.63) is 0 Å². The van der Waals surface area contributed by atoms with E-state index in [-0.39, 0.29) is 23.8 Å². The molecule has 0 bridgehead atoms. The number of hydrogen-bond donors (Lipinski definition) is 1. The molecule has 3 heterocycles. The third-order valence-corrected chi connectivity index (χ3v) is 6.02. The first-order chi connectivity index (χ1) is 10.7. The van der Waals surface area contributed by atoms with Crippen molar-refractivity contribution in [3.63, 3.8) is 0 Å². The van der Waals surface area contributed by atoms with Gasteiger partial charge >= 0.3 is 5.97 Å². The molecular formula is C15H25N3O3S. The second kappa shape index (κ2) is 7.19. The van der Waals surface area contributed by atoms with Crippen molar-refractivity contribution in [2.24, 2.45) is 5.92 Å². The second-order valence-electron chi connectivity index (χ2n) is 6.32. The highest BCUT2D eigenvalue weighted by atomic mass is 32.2. The molecule has 0 aliphatic carbocycles. The summed E-state index contributed by atoms with van der Waals surface area (Å²) < 4.78 is 4.83. The lowest BCUT2D eigenvalue weighted by Crippen LogP contribution is -2.44. The molecule has 7 heteroatoms. The average Bonchev–Trinajstić information content (AvgIpc) is 3.25. The third kappa shape index (κ3) is 3.41. The van der Waals surface area contributed by atoms with Gasteiger partial charge in [0, 0.05) is 24.9 Å². The number of nitrogens with zero attached hydrogens (tertiary/aromatic N) is 2. The molecule has 3 aliphatic rings. The molecule has 3 rings (SSSR count). The number of carbonyl (C=O) groups excluding carboxylic acids is 2. The molecule has 0 aromatic carbocycles. The van der Waals surface area contributed by atoms with Crippen LogP contribution < -0.4 is 5.32 Å². The van der Waals surface area contributed by atoms with Gasteiger partial charge in [0.05, 0.1) is 24.9 Å². The molecule has 0 aromatic heterocycles. The molecule has 3 aliphatic heterocycles. The first-order valence-electron chi connectivity index (χ1n) is 8.11. The lowest BCUT2D eigenvalue weighted by molar-refractivity contribution is -0.147. The Balaban J connectivity index is 1.47. The molecule has 0 unspecified atom stereocenters. The molecular weight excluding hydrogens is 302 g/mol. The highest BCUT2D eigenvalue weighted by Gasteiger charge is 2.37. The number of esters is 1. The third-order valence-electron chi connectivity index (χ3n) is 5.05. The maximum atomic E-state index is 12.4. The molecule has 1 amide bonds. The molecule has 3 fully saturated rings. The molecule has 0 radical (unpaired) electrons. The number of ether oxygens (including phenoxy) is 1. The van der Waals surface area contributed by atoms with Crippen LogP contribution in [0.2, 0.25) is 0 Å². The summed E-state index contributed by atoms with van der Waals surface area (Å²) >= 11 is 1.83. The van der Waals surface area contributed by atoms with Crippen LogP contribution in [0.25, 0.3) is 0 Å². The topological polar surface area (TPSA) is 61.9 Å². The quantitative estimate of drug-likeness (QED) is 0.744. The number of carbonyl (C=O) groups is 2. The molecule has 124 valence electrons. The molecule has 6 nitrogen and oxygen atoms in total. The Morgan fingerprint density at radius 3 is 2.64 bits per heavy atom. The van der Waals surface area contributed by atoms with Crippen LogP contribution in [-0.2, 0) is 14.3 Å². The number of piperidine rings is 1. The molecule has 0 aromatic rings. The van der Waals surface area contributed by atoms with Gasteiger partial charge in [-0.1, -0.05) is 0 Å². The Kier molecular flexibility index (Phi) is 5.25. The van der Waals surface area contributed by atoms with Gasteiger partial charge in [-0.05, 0) is 32.4 Å². The number of rotatable bonds is 3. The fraction of sp³-hybridized carbons (Fsp3) is 0.867. The second-order valence-corrected chi connectivity index (χ2v) is 7.40. The van der Waals surface area contributed by atoms with Crippen LogP contribution in [0.3, 0.4) is 0 Å². The van der Waals surface area contributed by atoms with E-state index in [1.165, 1.54) is 7.11 Å². The van der Waals surface area contributed by atoms with E-state index in [1.807, 2.05) is 16.7 Å². The Labute approximate surface area is 135 Å². The van der Waals surface area contributed by atoms with E-state index in [0.717, 1.165) is 57.1 Å². The highest BCUT2D eigenvalue weighted by molar-refractivity contribution is 7.99. The summed E-state index contributed by atoms with van der Waals surface area (Å²) in [6.07, 6.45) is 2.62. The molecule has 1 N–H and O–H groups in total. The predicted octanol–water partition coefficient (Wildman–Crippen LogP) is 0.135. The Morgan fingerprint density at radius 1 is 1.23 bits per heavy atom. The molecule has 22 heavy (non-hydrogen) atoms. The molecule has 0 saturated carbocycles. The zero-order valence-electron chi connectivity index (χ0n) is 13.1. The van der Waals surface area contributed by atoms with Gasteiger partial charge in [0.15, 0.2) is 0 Å². The van der Waals surface area contributed by atoms with Crippen molar-refractivity contribution in [2.75, 3.05) is 44.9 Å². The van der Waals surface area contributed by atoms with Crippen molar-refractivity contribution < 1.29 is 14.3 Å². The van der Waals surface area contributed by atoms with E-state index in [0.29, 0.717) is 6.04 Å².